The lowest BCUT2D eigenvalue weighted by atomic mass is 9.45. The molecule has 2 aliphatic heterocycles. The fraction of sp³-hybridized carbons (Fsp3) is 0.170. The van der Waals surface area contributed by atoms with Crippen LogP contribution in [-0.2, 0) is 10.8 Å². The zero-order valence-corrected chi connectivity index (χ0v) is 36.1. The summed E-state index contributed by atoms with van der Waals surface area (Å²) in [6, 6.07) is 47.0. The van der Waals surface area contributed by atoms with Crippen molar-refractivity contribution < 1.29 is 0 Å². The van der Waals surface area contributed by atoms with E-state index in [1.807, 2.05) is 34.0 Å². The third-order valence-electron chi connectivity index (χ3n) is 14.6. The first kappa shape index (κ1) is 33.4. The summed E-state index contributed by atoms with van der Waals surface area (Å²) < 4.78 is 9.65. The van der Waals surface area contributed by atoms with Crippen LogP contribution < -0.4 is 15.8 Å². The van der Waals surface area contributed by atoms with Crippen LogP contribution >= 0.6 is 34.0 Å². The highest BCUT2D eigenvalue weighted by Gasteiger charge is 2.47. The molecule has 0 fully saturated rings. The molecular weight excluding hydrogens is 772 g/mol. The molecule has 0 radical (unpaired) electrons. The number of hydrogen-bond donors (Lipinski definition) is 0. The second-order valence-electron chi connectivity index (χ2n) is 18.7. The van der Waals surface area contributed by atoms with Crippen molar-refractivity contribution in [2.24, 2.45) is 0 Å². The Kier molecular flexibility index (Phi) is 6.26. The molecule has 0 unspecified atom stereocenters. The second-order valence-corrected chi connectivity index (χ2v) is 21.8. The summed E-state index contributed by atoms with van der Waals surface area (Å²) in [5, 5.41) is 9.53. The highest BCUT2D eigenvalue weighted by molar-refractivity contribution is 7.29. The van der Waals surface area contributed by atoms with Crippen LogP contribution in [0.3, 0.4) is 0 Å². The first-order chi connectivity index (χ1) is 28.7. The molecule has 282 valence electrons. The molecule has 0 spiro atoms. The lowest BCUT2D eigenvalue weighted by Crippen LogP contribution is -2.56. The molecule has 0 saturated carbocycles. The summed E-state index contributed by atoms with van der Waals surface area (Å²) in [5.41, 5.74) is 15.5. The average Bonchev–Trinajstić information content (AvgIpc) is 4.00. The molecule has 6 heteroatoms. The first-order valence-electron chi connectivity index (χ1n) is 21.0. The zero-order chi connectivity index (χ0) is 39.3. The molecule has 14 rings (SSSR count). The highest BCUT2D eigenvalue weighted by Crippen LogP contribution is 2.55. The van der Waals surface area contributed by atoms with Gasteiger partial charge in [-0.3, -0.25) is 0 Å². The Balaban J connectivity index is 1.22. The van der Waals surface area contributed by atoms with Crippen LogP contribution in [0.25, 0.3) is 82.7 Å². The SMILES string of the molecule is Cc1cc2c(cc1N1c3cc4c(sc5ccccc54)c4c3B(c3c1ccc1c3sc3ccccc31)n1c3sc5ccccc5c3c3cccc-4c31)C(C)(C)CCC2(C)C. The summed E-state index contributed by atoms with van der Waals surface area (Å²) in [4.78, 5) is 4.09. The van der Waals surface area contributed by atoms with E-state index < -0.39 is 0 Å². The zero-order valence-electron chi connectivity index (χ0n) is 33.7. The fourth-order valence-corrected chi connectivity index (χ4v) is 15.4. The molecular formula is C53H39BN2S3. The summed E-state index contributed by atoms with van der Waals surface area (Å²) in [6.45, 7) is 12.2. The predicted molar refractivity (Wildman–Crippen MR) is 261 cm³/mol. The number of nitrogens with zero attached hydrogens (tertiary/aromatic N) is 2. The Morgan fingerprint density at radius 2 is 1.15 bits per heavy atom. The van der Waals surface area contributed by atoms with E-state index in [9.17, 15) is 0 Å². The van der Waals surface area contributed by atoms with Gasteiger partial charge < -0.3 is 9.38 Å². The van der Waals surface area contributed by atoms with E-state index in [0.717, 1.165) is 0 Å². The molecule has 7 aromatic carbocycles. The largest absolute Gasteiger partial charge is 0.367 e. The van der Waals surface area contributed by atoms with Gasteiger partial charge in [0.05, 0.1) is 4.83 Å². The quantitative estimate of drug-likeness (QED) is 0.150. The minimum absolute atomic E-state index is 0.00565. The smallest absolute Gasteiger partial charge is 0.335 e. The number of para-hydroxylation sites is 1. The number of fused-ring (bicyclic) bond motifs is 18. The van der Waals surface area contributed by atoms with E-state index in [1.165, 1.54) is 140 Å². The minimum Gasteiger partial charge on any atom is -0.367 e. The van der Waals surface area contributed by atoms with Crippen LogP contribution in [0.1, 0.15) is 57.2 Å². The van der Waals surface area contributed by atoms with Crippen molar-refractivity contribution in [2.45, 2.75) is 58.3 Å². The van der Waals surface area contributed by atoms with Gasteiger partial charge in [-0.05, 0) is 94.6 Å². The lowest BCUT2D eigenvalue weighted by Gasteiger charge is -2.44. The molecule has 1 aliphatic carbocycles. The average molecular weight is 811 g/mol. The van der Waals surface area contributed by atoms with Gasteiger partial charge in [-0.15, -0.1) is 34.0 Å². The van der Waals surface area contributed by atoms with Crippen LogP contribution in [0.4, 0.5) is 17.1 Å². The van der Waals surface area contributed by atoms with E-state index in [2.05, 4.69) is 165 Å². The molecule has 6 heterocycles. The molecule has 59 heavy (non-hydrogen) atoms. The molecule has 0 amide bonds. The van der Waals surface area contributed by atoms with Crippen molar-refractivity contribution in [3.8, 4) is 11.1 Å². The number of hydrogen-bond acceptors (Lipinski definition) is 4. The van der Waals surface area contributed by atoms with Crippen molar-refractivity contribution in [1.29, 1.82) is 0 Å². The van der Waals surface area contributed by atoms with Gasteiger partial charge in [0, 0.05) is 94.9 Å². The van der Waals surface area contributed by atoms with E-state index in [1.54, 1.807) is 0 Å². The van der Waals surface area contributed by atoms with Gasteiger partial charge in [0.15, 0.2) is 0 Å². The van der Waals surface area contributed by atoms with Gasteiger partial charge in [-0.25, -0.2) is 0 Å². The molecule has 4 aromatic heterocycles. The van der Waals surface area contributed by atoms with E-state index >= 15 is 0 Å². The molecule has 0 saturated heterocycles. The number of aryl methyl sites for hydroxylation is 1. The van der Waals surface area contributed by atoms with Crippen LogP contribution in [0.15, 0.2) is 121 Å². The predicted octanol–water partition coefficient (Wildman–Crippen LogP) is 14.8. The number of anilines is 3. The van der Waals surface area contributed by atoms with E-state index in [-0.39, 0.29) is 17.7 Å². The minimum atomic E-state index is -0.00565. The Labute approximate surface area is 355 Å². The van der Waals surface area contributed by atoms with E-state index in [0.29, 0.717) is 0 Å². The molecule has 0 N–H and O–H groups in total. The van der Waals surface area contributed by atoms with Crippen LogP contribution in [0.5, 0.6) is 0 Å². The molecule has 3 aliphatic rings. The van der Waals surface area contributed by atoms with Crippen LogP contribution in [-0.4, -0.2) is 11.3 Å². The summed E-state index contributed by atoms with van der Waals surface area (Å²) in [6.07, 6.45) is 2.39. The lowest BCUT2D eigenvalue weighted by molar-refractivity contribution is 0.332. The maximum absolute atomic E-state index is 2.79. The van der Waals surface area contributed by atoms with Gasteiger partial charge >= 0.3 is 6.85 Å². The van der Waals surface area contributed by atoms with Gasteiger partial charge in [0.2, 0.25) is 0 Å². The molecule has 2 nitrogen and oxygen atoms in total. The van der Waals surface area contributed by atoms with Gasteiger partial charge in [-0.1, -0.05) is 113 Å². The number of benzene rings is 7. The second kappa shape index (κ2) is 11.0. The third kappa shape index (κ3) is 4.08. The van der Waals surface area contributed by atoms with Crippen molar-refractivity contribution in [3.63, 3.8) is 0 Å². The Morgan fingerprint density at radius 1 is 0.525 bits per heavy atom. The van der Waals surface area contributed by atoms with Crippen molar-refractivity contribution in [1.82, 2.24) is 4.48 Å². The molecule has 0 bridgehead atoms. The highest BCUT2D eigenvalue weighted by atomic mass is 32.1. The number of rotatable bonds is 1. The molecule has 0 atom stereocenters. The summed E-state index contributed by atoms with van der Waals surface area (Å²) >= 11 is 5.92. The van der Waals surface area contributed by atoms with Gasteiger partial charge in [0.25, 0.3) is 0 Å². The fourth-order valence-electron chi connectivity index (χ4n) is 11.6. The third-order valence-corrected chi connectivity index (χ3v) is 18.2. The van der Waals surface area contributed by atoms with Crippen LogP contribution in [0.2, 0.25) is 0 Å². The normalized spacial score (nSPS) is 16.3. The van der Waals surface area contributed by atoms with Crippen LogP contribution in [0, 0.1) is 6.92 Å². The Bertz CT molecular complexity index is 3720. The first-order valence-corrected chi connectivity index (χ1v) is 23.5. The number of thiophene rings is 3. The van der Waals surface area contributed by atoms with Gasteiger partial charge in [-0.2, -0.15) is 0 Å². The number of aromatic nitrogens is 1. The molecule has 11 aromatic rings. The monoisotopic (exact) mass is 810 g/mol. The summed E-state index contributed by atoms with van der Waals surface area (Å²) in [5.74, 6) is 0. The van der Waals surface area contributed by atoms with Crippen molar-refractivity contribution in [2.75, 3.05) is 4.90 Å². The van der Waals surface area contributed by atoms with Crippen molar-refractivity contribution >= 4 is 140 Å². The van der Waals surface area contributed by atoms with Crippen molar-refractivity contribution in [3.05, 3.63) is 138 Å². The topological polar surface area (TPSA) is 8.17 Å². The van der Waals surface area contributed by atoms with E-state index in [4.69, 9.17) is 0 Å². The standard InChI is InChI=1S/C53H39BN2S3/c1-28-25-36-37(53(4,5)24-23-52(36,2)3)27-39(28)55-38-22-21-31-29-13-6-9-18-41(29)58-50(31)47(38)54-46-40(55)26-35-30-14-7-10-19-42(30)57-49(35)45(46)34-17-12-16-33-44-32-15-8-11-20-43(32)59-51(44)56(54)48(33)34/h6-22,25-27H,23-24H2,1-5H3. The maximum Gasteiger partial charge on any atom is 0.335 e. The Hall–Kier alpha value is -5.40. The maximum atomic E-state index is 2.79. The Morgan fingerprint density at radius 3 is 1.90 bits per heavy atom. The van der Waals surface area contributed by atoms with Gasteiger partial charge in [0.1, 0.15) is 0 Å². The summed E-state index contributed by atoms with van der Waals surface area (Å²) in [7, 11) is 0.